The molecule has 0 spiro atoms. The van der Waals surface area contributed by atoms with Gasteiger partial charge in [0.25, 0.3) is 0 Å². The number of hydrogen-bond donors (Lipinski definition) is 1. The molecule has 1 aromatic rings. The monoisotopic (exact) mass is 264 g/mol. The summed E-state index contributed by atoms with van der Waals surface area (Å²) >= 11 is 0. The van der Waals surface area contributed by atoms with E-state index in [1.807, 2.05) is 12.1 Å². The summed E-state index contributed by atoms with van der Waals surface area (Å²) in [5.41, 5.74) is 7.03. The molecule has 2 rings (SSSR count). The second-order valence-corrected chi connectivity index (χ2v) is 5.55. The van der Waals surface area contributed by atoms with E-state index in [2.05, 4.69) is 11.8 Å². The van der Waals surface area contributed by atoms with Gasteiger partial charge in [-0.3, -0.25) is 0 Å². The Morgan fingerprint density at radius 1 is 1.26 bits per heavy atom. The van der Waals surface area contributed by atoms with E-state index in [0.29, 0.717) is 11.6 Å². The number of anilines is 1. The van der Waals surface area contributed by atoms with Gasteiger partial charge in [-0.05, 0) is 37.8 Å². The van der Waals surface area contributed by atoms with Gasteiger partial charge < -0.3 is 10.6 Å². The summed E-state index contributed by atoms with van der Waals surface area (Å²) in [5, 5.41) is 0. The minimum absolute atomic E-state index is 0.153. The van der Waals surface area contributed by atoms with Crippen LogP contribution in [0.3, 0.4) is 0 Å². The highest BCUT2D eigenvalue weighted by Gasteiger charge is 2.23. The fourth-order valence-electron chi connectivity index (χ4n) is 3.07. The van der Waals surface area contributed by atoms with E-state index < -0.39 is 0 Å². The Hall–Kier alpha value is -1.09. The molecule has 106 valence electrons. The third kappa shape index (κ3) is 3.69. The summed E-state index contributed by atoms with van der Waals surface area (Å²) in [4.78, 5) is 2.06. The Bertz CT molecular complexity index is 388. The molecule has 19 heavy (non-hydrogen) atoms. The van der Waals surface area contributed by atoms with Gasteiger partial charge in [0, 0.05) is 19.1 Å². The van der Waals surface area contributed by atoms with Gasteiger partial charge >= 0.3 is 0 Å². The Kier molecular flexibility index (Phi) is 5.20. The fraction of sp³-hybridized carbons (Fsp3) is 0.625. The standard InChI is InChI=1S/C16H25FN2/c1-2-19(16-11-7-6-10-14(16)17)12-15(18)13-8-4-3-5-9-13/h6-7,10-11,13,15H,2-5,8-9,12,18H2,1H3. The Labute approximate surface area is 115 Å². The zero-order valence-electron chi connectivity index (χ0n) is 11.8. The van der Waals surface area contributed by atoms with Gasteiger partial charge in [-0.25, -0.2) is 4.39 Å². The second-order valence-electron chi connectivity index (χ2n) is 5.55. The molecule has 1 atom stereocenters. The summed E-state index contributed by atoms with van der Waals surface area (Å²) in [6.45, 7) is 3.60. The lowest BCUT2D eigenvalue weighted by Gasteiger charge is -2.33. The first-order valence-electron chi connectivity index (χ1n) is 7.47. The Morgan fingerprint density at radius 3 is 2.58 bits per heavy atom. The smallest absolute Gasteiger partial charge is 0.146 e. The molecule has 1 unspecified atom stereocenters. The lowest BCUT2D eigenvalue weighted by Crippen LogP contribution is -2.43. The van der Waals surface area contributed by atoms with Crippen LogP contribution in [0.5, 0.6) is 0 Å². The van der Waals surface area contributed by atoms with E-state index in [1.165, 1.54) is 38.2 Å². The van der Waals surface area contributed by atoms with E-state index in [4.69, 9.17) is 5.73 Å². The fourth-order valence-corrected chi connectivity index (χ4v) is 3.07. The number of nitrogens with two attached hydrogens (primary N) is 1. The van der Waals surface area contributed by atoms with Gasteiger partial charge in [0.2, 0.25) is 0 Å². The number of hydrogen-bond acceptors (Lipinski definition) is 2. The molecule has 1 aromatic carbocycles. The topological polar surface area (TPSA) is 29.3 Å². The van der Waals surface area contributed by atoms with Crippen molar-refractivity contribution in [1.82, 2.24) is 0 Å². The maximum atomic E-state index is 13.8. The zero-order chi connectivity index (χ0) is 13.7. The van der Waals surface area contributed by atoms with E-state index >= 15 is 0 Å². The average Bonchev–Trinajstić information content (AvgIpc) is 2.46. The predicted octanol–water partition coefficient (Wildman–Crippen LogP) is 3.56. The van der Waals surface area contributed by atoms with Crippen molar-refractivity contribution in [1.29, 1.82) is 0 Å². The largest absolute Gasteiger partial charge is 0.368 e. The molecule has 2 nitrogen and oxygen atoms in total. The number of rotatable bonds is 5. The molecule has 0 radical (unpaired) electrons. The number of halogens is 1. The SMILES string of the molecule is CCN(CC(N)C1CCCCC1)c1ccccc1F. The van der Waals surface area contributed by atoms with Crippen LogP contribution >= 0.6 is 0 Å². The van der Waals surface area contributed by atoms with E-state index in [0.717, 1.165) is 13.1 Å². The van der Waals surface area contributed by atoms with Crippen molar-refractivity contribution in [3.63, 3.8) is 0 Å². The van der Waals surface area contributed by atoms with Gasteiger partial charge in [-0.15, -0.1) is 0 Å². The lowest BCUT2D eigenvalue weighted by atomic mass is 9.84. The molecule has 2 N–H and O–H groups in total. The van der Waals surface area contributed by atoms with E-state index in [-0.39, 0.29) is 11.9 Å². The maximum absolute atomic E-state index is 13.8. The van der Waals surface area contributed by atoms with Crippen LogP contribution in [0.15, 0.2) is 24.3 Å². The maximum Gasteiger partial charge on any atom is 0.146 e. The number of likely N-dealkylation sites (N-methyl/N-ethyl adjacent to an activating group) is 1. The van der Waals surface area contributed by atoms with Crippen molar-refractivity contribution in [2.75, 3.05) is 18.0 Å². The predicted molar refractivity (Wildman–Crippen MR) is 78.8 cm³/mol. The Balaban J connectivity index is 2.00. The molecule has 0 saturated heterocycles. The quantitative estimate of drug-likeness (QED) is 0.881. The summed E-state index contributed by atoms with van der Waals surface area (Å²) in [6.07, 6.45) is 6.40. The van der Waals surface area contributed by atoms with E-state index in [1.54, 1.807) is 6.07 Å². The zero-order valence-corrected chi connectivity index (χ0v) is 11.8. The first-order chi connectivity index (χ1) is 9.22. The first-order valence-corrected chi connectivity index (χ1v) is 7.47. The highest BCUT2D eigenvalue weighted by molar-refractivity contribution is 5.47. The second kappa shape index (κ2) is 6.90. The van der Waals surface area contributed by atoms with Crippen LogP contribution in [0.25, 0.3) is 0 Å². The number of para-hydroxylation sites is 1. The van der Waals surface area contributed by atoms with Crippen LogP contribution in [0, 0.1) is 11.7 Å². The lowest BCUT2D eigenvalue weighted by molar-refractivity contribution is 0.305. The molecule has 0 bridgehead atoms. The van der Waals surface area contributed by atoms with Gasteiger partial charge in [-0.2, -0.15) is 0 Å². The molecule has 1 saturated carbocycles. The molecular weight excluding hydrogens is 239 g/mol. The summed E-state index contributed by atoms with van der Waals surface area (Å²) < 4.78 is 13.8. The minimum atomic E-state index is -0.153. The van der Waals surface area contributed by atoms with E-state index in [9.17, 15) is 4.39 Å². The molecule has 0 heterocycles. The molecule has 0 aliphatic heterocycles. The van der Waals surface area contributed by atoms with Crippen LogP contribution in [-0.2, 0) is 0 Å². The summed E-state index contributed by atoms with van der Waals surface area (Å²) in [5.74, 6) is 0.453. The summed E-state index contributed by atoms with van der Waals surface area (Å²) in [6, 6.07) is 7.12. The highest BCUT2D eigenvalue weighted by atomic mass is 19.1. The molecule has 1 aliphatic carbocycles. The van der Waals surface area contributed by atoms with Crippen molar-refractivity contribution in [3.8, 4) is 0 Å². The number of benzene rings is 1. The van der Waals surface area contributed by atoms with Gasteiger partial charge in [0.05, 0.1) is 5.69 Å². The molecule has 0 amide bonds. The third-order valence-electron chi connectivity index (χ3n) is 4.26. The normalized spacial score (nSPS) is 18.3. The van der Waals surface area contributed by atoms with Crippen molar-refractivity contribution in [2.24, 2.45) is 11.7 Å². The van der Waals surface area contributed by atoms with Crippen molar-refractivity contribution in [2.45, 2.75) is 45.1 Å². The first kappa shape index (κ1) is 14.3. The van der Waals surface area contributed by atoms with Crippen LogP contribution in [0.4, 0.5) is 10.1 Å². The number of nitrogens with zero attached hydrogens (tertiary/aromatic N) is 1. The average molecular weight is 264 g/mol. The van der Waals surface area contributed by atoms with Crippen molar-refractivity contribution in [3.05, 3.63) is 30.1 Å². The molecule has 1 aliphatic rings. The molecule has 1 fully saturated rings. The third-order valence-corrected chi connectivity index (χ3v) is 4.26. The van der Waals surface area contributed by atoms with Crippen LogP contribution < -0.4 is 10.6 Å². The highest BCUT2D eigenvalue weighted by Crippen LogP contribution is 2.27. The van der Waals surface area contributed by atoms with Crippen LogP contribution in [0.1, 0.15) is 39.0 Å². The molecular formula is C16H25FN2. The van der Waals surface area contributed by atoms with Crippen molar-refractivity contribution < 1.29 is 4.39 Å². The van der Waals surface area contributed by atoms with Crippen LogP contribution in [0.2, 0.25) is 0 Å². The molecule has 3 heteroatoms. The van der Waals surface area contributed by atoms with Gasteiger partial charge in [0.1, 0.15) is 5.82 Å². The molecule has 0 aromatic heterocycles. The minimum Gasteiger partial charge on any atom is -0.368 e. The van der Waals surface area contributed by atoms with Crippen LogP contribution in [-0.4, -0.2) is 19.1 Å². The van der Waals surface area contributed by atoms with Gasteiger partial charge in [-0.1, -0.05) is 31.4 Å². The van der Waals surface area contributed by atoms with Crippen molar-refractivity contribution >= 4 is 5.69 Å². The van der Waals surface area contributed by atoms with Gasteiger partial charge in [0.15, 0.2) is 0 Å². The summed E-state index contributed by atoms with van der Waals surface area (Å²) in [7, 11) is 0. The Morgan fingerprint density at radius 2 is 1.95 bits per heavy atom.